The van der Waals surface area contributed by atoms with E-state index in [-0.39, 0.29) is 11.1 Å². The number of aromatic nitrogens is 1. The van der Waals surface area contributed by atoms with Crippen LogP contribution in [0.15, 0.2) is 78.1 Å². The Bertz CT molecular complexity index is 1870. The van der Waals surface area contributed by atoms with Crippen molar-refractivity contribution in [1.29, 1.82) is 0 Å². The van der Waals surface area contributed by atoms with Crippen molar-refractivity contribution in [2.45, 2.75) is 44.1 Å². The maximum absolute atomic E-state index is 14.0. The van der Waals surface area contributed by atoms with Crippen molar-refractivity contribution in [3.63, 3.8) is 0 Å². The van der Waals surface area contributed by atoms with Crippen LogP contribution in [-0.4, -0.2) is 28.9 Å². The molecule has 1 N–H and O–H groups in total. The molecule has 12 heteroatoms. The average Bonchev–Trinajstić information content (AvgIpc) is 3.62. The Hall–Kier alpha value is -4.87. The minimum absolute atomic E-state index is 0.120. The number of halogens is 6. The molecule has 2 heterocycles. The van der Waals surface area contributed by atoms with E-state index in [1.54, 1.807) is 37.3 Å². The Morgan fingerprint density at radius 1 is 0.891 bits per heavy atom. The molecule has 3 unspecified atom stereocenters. The summed E-state index contributed by atoms with van der Waals surface area (Å²) < 4.78 is 87.8. The van der Waals surface area contributed by atoms with Crippen LogP contribution < -0.4 is 4.74 Å². The number of methoxy groups -OCH3 is 1. The second kappa shape index (κ2) is 11.5. The molecule has 3 atom stereocenters. The number of fused-ring (bicyclic) bond motifs is 1. The molecule has 46 heavy (non-hydrogen) atoms. The molecule has 1 aliphatic carbocycles. The number of hydrogen-bond acceptors (Lipinski definition) is 5. The van der Waals surface area contributed by atoms with Gasteiger partial charge in [0.1, 0.15) is 11.4 Å². The first-order valence-corrected chi connectivity index (χ1v) is 14.3. The van der Waals surface area contributed by atoms with E-state index >= 15 is 0 Å². The van der Waals surface area contributed by atoms with Gasteiger partial charge in [-0.25, -0.2) is 4.79 Å². The van der Waals surface area contributed by atoms with Crippen molar-refractivity contribution in [3.8, 4) is 28.0 Å². The number of pyridine rings is 1. The smallest absolute Gasteiger partial charge is 0.433 e. The monoisotopic (exact) mass is 640 g/mol. The Labute approximate surface area is 259 Å². The van der Waals surface area contributed by atoms with Gasteiger partial charge in [0, 0.05) is 23.6 Å². The summed E-state index contributed by atoms with van der Waals surface area (Å²) in [6.45, 7) is 1.77. The third kappa shape index (κ3) is 5.67. The van der Waals surface area contributed by atoms with Gasteiger partial charge in [0.05, 0.1) is 23.9 Å². The third-order valence-corrected chi connectivity index (χ3v) is 8.57. The van der Waals surface area contributed by atoms with E-state index in [2.05, 4.69) is 10.1 Å². The lowest BCUT2D eigenvalue weighted by Crippen LogP contribution is -2.17. The highest BCUT2D eigenvalue weighted by atomic mass is 19.4. The molecule has 1 saturated carbocycles. The Morgan fingerprint density at radius 3 is 2.33 bits per heavy atom. The zero-order chi connectivity index (χ0) is 33.0. The van der Waals surface area contributed by atoms with Gasteiger partial charge in [0.15, 0.2) is 6.10 Å². The number of carboxylic acid groups (broad SMARTS) is 1. The van der Waals surface area contributed by atoms with Crippen LogP contribution in [0, 0.1) is 12.8 Å². The summed E-state index contributed by atoms with van der Waals surface area (Å²) in [6, 6.07) is 15.8. The fourth-order valence-corrected chi connectivity index (χ4v) is 6.40. The fourth-order valence-electron chi connectivity index (χ4n) is 6.40. The summed E-state index contributed by atoms with van der Waals surface area (Å²) >= 11 is 0. The standard InChI is InChI=1S/C34H26F6N2O4/c1-17-13-20(32(43)44)3-6-22(17)18-4-10-28(45-2)27(14-18)23-7-5-21(33(35,36)37)16-26(23)24-8-9-25-30(24)42-46-31(25)19-11-12-41-29(15-19)34(38,39)40/h3-7,10-16,24-25,31H,8-9H2,1-2H3,(H,43,44). The molecule has 0 radical (unpaired) electrons. The Morgan fingerprint density at radius 2 is 1.65 bits per heavy atom. The zero-order valence-corrected chi connectivity index (χ0v) is 24.4. The Balaban J connectivity index is 1.43. The number of alkyl halides is 6. The second-order valence-electron chi connectivity index (χ2n) is 11.3. The summed E-state index contributed by atoms with van der Waals surface area (Å²) in [5, 5.41) is 13.6. The molecule has 0 saturated heterocycles. The van der Waals surface area contributed by atoms with Crippen molar-refractivity contribution in [2.24, 2.45) is 11.1 Å². The first-order chi connectivity index (χ1) is 21.8. The van der Waals surface area contributed by atoms with Crippen LogP contribution in [0.25, 0.3) is 22.3 Å². The molecule has 6 nitrogen and oxygen atoms in total. The highest BCUT2D eigenvalue weighted by Crippen LogP contribution is 2.51. The van der Waals surface area contributed by atoms with Gasteiger partial charge in [-0.15, -0.1) is 0 Å². The maximum Gasteiger partial charge on any atom is 0.433 e. The van der Waals surface area contributed by atoms with Gasteiger partial charge in [-0.2, -0.15) is 26.3 Å². The number of carbonyl (C=O) groups is 1. The second-order valence-corrected chi connectivity index (χ2v) is 11.3. The van der Waals surface area contributed by atoms with E-state index in [4.69, 9.17) is 9.57 Å². The van der Waals surface area contributed by atoms with Crippen molar-refractivity contribution >= 4 is 11.7 Å². The van der Waals surface area contributed by atoms with Crippen molar-refractivity contribution < 1.29 is 45.8 Å². The first-order valence-electron chi connectivity index (χ1n) is 14.3. The van der Waals surface area contributed by atoms with Crippen LogP contribution in [0.2, 0.25) is 0 Å². The van der Waals surface area contributed by atoms with E-state index in [9.17, 15) is 36.2 Å². The third-order valence-electron chi connectivity index (χ3n) is 8.57. The lowest BCUT2D eigenvalue weighted by atomic mass is 9.84. The van der Waals surface area contributed by atoms with Crippen LogP contribution in [0.5, 0.6) is 5.75 Å². The minimum atomic E-state index is -4.66. The SMILES string of the molecule is COc1ccc(-c2ccc(C(=O)O)cc2C)cc1-c1ccc(C(F)(F)F)cc1C1CCC2C1=NOC2c1ccnc(C(F)(F)F)c1. The van der Waals surface area contributed by atoms with Crippen LogP contribution in [0.1, 0.15) is 63.2 Å². The molecule has 4 aromatic rings. The fraction of sp³-hybridized carbons (Fsp3) is 0.265. The lowest BCUT2D eigenvalue weighted by Gasteiger charge is -2.21. The average molecular weight is 641 g/mol. The van der Waals surface area contributed by atoms with E-state index in [0.717, 1.165) is 30.0 Å². The normalized spacial score (nSPS) is 19.4. The zero-order valence-electron chi connectivity index (χ0n) is 24.4. The van der Waals surface area contributed by atoms with Gasteiger partial charge in [-0.1, -0.05) is 23.4 Å². The summed E-state index contributed by atoms with van der Waals surface area (Å²) in [5.74, 6) is -1.72. The number of oxime groups is 1. The van der Waals surface area contributed by atoms with Crippen LogP contribution in [-0.2, 0) is 17.2 Å². The molecule has 0 bridgehead atoms. The quantitative estimate of drug-likeness (QED) is 0.213. The van der Waals surface area contributed by atoms with Gasteiger partial charge < -0.3 is 14.7 Å². The number of carboxylic acids is 1. The first kappa shape index (κ1) is 31.1. The van der Waals surface area contributed by atoms with Crippen molar-refractivity contribution in [1.82, 2.24) is 4.98 Å². The molecule has 238 valence electrons. The highest BCUT2D eigenvalue weighted by Gasteiger charge is 2.46. The van der Waals surface area contributed by atoms with Crippen LogP contribution in [0.4, 0.5) is 26.3 Å². The van der Waals surface area contributed by atoms with Gasteiger partial charge in [0.2, 0.25) is 0 Å². The molecule has 3 aromatic carbocycles. The van der Waals surface area contributed by atoms with E-state index in [0.29, 0.717) is 52.1 Å². The molecule has 1 fully saturated rings. The topological polar surface area (TPSA) is 81.0 Å². The van der Waals surface area contributed by atoms with Gasteiger partial charge >= 0.3 is 18.3 Å². The van der Waals surface area contributed by atoms with E-state index < -0.39 is 47.5 Å². The number of aromatic carboxylic acids is 1. The molecule has 6 rings (SSSR count). The van der Waals surface area contributed by atoms with Gasteiger partial charge in [0.25, 0.3) is 0 Å². The number of hydrogen-bond donors (Lipinski definition) is 1. The number of ether oxygens (including phenoxy) is 1. The van der Waals surface area contributed by atoms with Gasteiger partial charge in [-0.3, -0.25) is 4.98 Å². The number of nitrogens with zero attached hydrogens (tertiary/aromatic N) is 2. The largest absolute Gasteiger partial charge is 0.496 e. The maximum atomic E-state index is 14.0. The summed E-state index contributed by atoms with van der Waals surface area (Å²) in [4.78, 5) is 20.5. The van der Waals surface area contributed by atoms with Crippen molar-refractivity contribution in [3.05, 3.63) is 106 Å². The highest BCUT2D eigenvalue weighted by molar-refractivity contribution is 5.98. The molecular formula is C34H26F6N2O4. The number of aryl methyl sites for hydroxylation is 1. The minimum Gasteiger partial charge on any atom is -0.496 e. The summed E-state index contributed by atoms with van der Waals surface area (Å²) in [5.41, 5.74) is 2.31. The van der Waals surface area contributed by atoms with Crippen LogP contribution >= 0.6 is 0 Å². The number of rotatable bonds is 6. The van der Waals surface area contributed by atoms with Crippen molar-refractivity contribution in [2.75, 3.05) is 7.11 Å². The molecule has 0 spiro atoms. The van der Waals surface area contributed by atoms with E-state index in [1.165, 1.54) is 25.3 Å². The van der Waals surface area contributed by atoms with E-state index in [1.807, 2.05) is 0 Å². The summed E-state index contributed by atoms with van der Waals surface area (Å²) in [7, 11) is 1.45. The molecular weight excluding hydrogens is 614 g/mol. The predicted molar refractivity (Wildman–Crippen MR) is 157 cm³/mol. The molecule has 1 aromatic heterocycles. The summed E-state index contributed by atoms with van der Waals surface area (Å²) in [6.07, 6.45) is -8.26. The molecule has 2 aliphatic rings. The predicted octanol–water partition coefficient (Wildman–Crippen LogP) is 9.09. The molecule has 0 amide bonds. The lowest BCUT2D eigenvalue weighted by molar-refractivity contribution is -0.141. The molecule has 1 aliphatic heterocycles. The van der Waals surface area contributed by atoms with Gasteiger partial charge in [-0.05, 0) is 102 Å². The number of benzene rings is 3. The van der Waals surface area contributed by atoms with Crippen LogP contribution in [0.3, 0.4) is 0 Å². The Kier molecular flexibility index (Phi) is 7.77.